The summed E-state index contributed by atoms with van der Waals surface area (Å²) in [7, 11) is 0. The lowest BCUT2D eigenvalue weighted by Crippen LogP contribution is -2.39. The number of hydrogen-bond acceptors (Lipinski definition) is 1. The molecule has 9 heavy (non-hydrogen) atoms. The van der Waals surface area contributed by atoms with Crippen molar-refractivity contribution in [3.63, 3.8) is 0 Å². The van der Waals surface area contributed by atoms with Crippen molar-refractivity contribution >= 4 is 28.5 Å². The minimum atomic E-state index is 0.225. The summed E-state index contributed by atoms with van der Waals surface area (Å²) in [5, 5.41) is 2.92. The van der Waals surface area contributed by atoms with Crippen LogP contribution in [-0.4, -0.2) is 16.4 Å². The number of hydrogen-bond donors (Lipinski definition) is 1. The summed E-state index contributed by atoms with van der Waals surface area (Å²) in [5.41, 5.74) is 0. The second-order valence-electron chi connectivity index (χ2n) is 2.31. The average Bonchev–Trinajstić information content (AvgIpc) is 1.88. The summed E-state index contributed by atoms with van der Waals surface area (Å²) in [6.45, 7) is 0. The molecule has 0 radical (unpaired) electrons. The molecule has 0 saturated carbocycles. The zero-order valence-corrected chi connectivity index (χ0v) is 7.35. The van der Waals surface area contributed by atoms with Crippen LogP contribution in [-0.2, 0) is 4.79 Å². The van der Waals surface area contributed by atoms with Gasteiger partial charge in [0.25, 0.3) is 0 Å². The number of carbonyl (C=O) groups excluding carboxylic acids is 1. The zero-order valence-electron chi connectivity index (χ0n) is 5.19. The summed E-state index contributed by atoms with van der Waals surface area (Å²) < 4.78 is 1.05. The Morgan fingerprint density at radius 3 is 3.00 bits per heavy atom. The Kier molecular flexibility index (Phi) is 2.75. The van der Waals surface area contributed by atoms with E-state index >= 15 is 0 Å². The lowest BCUT2D eigenvalue weighted by atomic mass is 10.1. The smallest absolute Gasteiger partial charge is 0.220 e. The van der Waals surface area contributed by atoms with Crippen molar-refractivity contribution in [1.29, 1.82) is 0 Å². The highest BCUT2D eigenvalue weighted by atomic mass is 127. The fraction of sp³-hybridized carbons (Fsp3) is 0.833. The van der Waals surface area contributed by atoms with E-state index in [0.717, 1.165) is 23.7 Å². The molecule has 2 nitrogen and oxygen atoms in total. The van der Waals surface area contributed by atoms with Crippen molar-refractivity contribution in [2.75, 3.05) is 4.43 Å². The predicted octanol–water partition coefficient (Wildman–Crippen LogP) is 1.09. The topological polar surface area (TPSA) is 29.1 Å². The van der Waals surface area contributed by atoms with Crippen LogP contribution in [0.2, 0.25) is 0 Å². The van der Waals surface area contributed by atoms with Gasteiger partial charge in [0.1, 0.15) is 0 Å². The maximum atomic E-state index is 10.7. The lowest BCUT2D eigenvalue weighted by Gasteiger charge is -2.20. The first-order chi connectivity index (χ1) is 4.33. The maximum absolute atomic E-state index is 10.7. The third-order valence-electron chi connectivity index (χ3n) is 1.51. The van der Waals surface area contributed by atoms with Gasteiger partial charge in [-0.05, 0) is 12.8 Å². The van der Waals surface area contributed by atoms with Crippen LogP contribution in [0, 0.1) is 0 Å². The fourth-order valence-corrected chi connectivity index (χ4v) is 1.66. The summed E-state index contributed by atoms with van der Waals surface area (Å²) in [6.07, 6.45) is 2.96. The Morgan fingerprint density at radius 1 is 1.78 bits per heavy atom. The first kappa shape index (κ1) is 7.31. The molecule has 1 N–H and O–H groups in total. The fourth-order valence-electron chi connectivity index (χ4n) is 0.997. The molecule has 1 aliphatic heterocycles. The molecule has 0 spiro atoms. The number of rotatable bonds is 1. The van der Waals surface area contributed by atoms with Crippen LogP contribution in [0.3, 0.4) is 0 Å². The largest absolute Gasteiger partial charge is 0.353 e. The van der Waals surface area contributed by atoms with Crippen molar-refractivity contribution < 1.29 is 4.79 Å². The van der Waals surface area contributed by atoms with E-state index in [9.17, 15) is 4.79 Å². The Morgan fingerprint density at radius 2 is 2.56 bits per heavy atom. The number of halogens is 1. The van der Waals surface area contributed by atoms with Crippen LogP contribution in [0.15, 0.2) is 0 Å². The van der Waals surface area contributed by atoms with Crippen LogP contribution >= 0.6 is 22.6 Å². The standard InChI is InChI=1S/C6H10INO/c7-4-5-2-1-3-6(9)8-5/h5H,1-4H2,(H,8,9)/t5-/m0/s1. The van der Waals surface area contributed by atoms with Crippen molar-refractivity contribution in [2.45, 2.75) is 25.3 Å². The molecule has 52 valence electrons. The van der Waals surface area contributed by atoms with Crippen LogP contribution in [0.1, 0.15) is 19.3 Å². The molecule has 1 atom stereocenters. The van der Waals surface area contributed by atoms with Gasteiger partial charge in [0.2, 0.25) is 5.91 Å². The molecule has 1 heterocycles. The summed E-state index contributed by atoms with van der Waals surface area (Å²) in [6, 6.07) is 0.451. The van der Waals surface area contributed by atoms with Crippen LogP contribution < -0.4 is 5.32 Å². The highest BCUT2D eigenvalue weighted by molar-refractivity contribution is 14.1. The third-order valence-corrected chi connectivity index (χ3v) is 2.57. The van der Waals surface area contributed by atoms with E-state index in [0.29, 0.717) is 6.04 Å². The van der Waals surface area contributed by atoms with Gasteiger partial charge in [-0.1, -0.05) is 22.6 Å². The van der Waals surface area contributed by atoms with Gasteiger partial charge in [-0.25, -0.2) is 0 Å². The maximum Gasteiger partial charge on any atom is 0.220 e. The average molecular weight is 239 g/mol. The van der Waals surface area contributed by atoms with E-state index in [1.54, 1.807) is 0 Å². The molecule has 0 aromatic carbocycles. The molecule has 0 aliphatic carbocycles. The van der Waals surface area contributed by atoms with E-state index < -0.39 is 0 Å². The van der Waals surface area contributed by atoms with Gasteiger partial charge in [-0.3, -0.25) is 4.79 Å². The molecular weight excluding hydrogens is 229 g/mol. The molecule has 1 amide bonds. The Bertz CT molecular complexity index is 116. The van der Waals surface area contributed by atoms with Crippen LogP contribution in [0.25, 0.3) is 0 Å². The van der Waals surface area contributed by atoms with E-state index in [2.05, 4.69) is 27.9 Å². The lowest BCUT2D eigenvalue weighted by molar-refractivity contribution is -0.123. The molecular formula is C6H10INO. The molecule has 1 fully saturated rings. The molecule has 1 saturated heterocycles. The van der Waals surface area contributed by atoms with Crippen molar-refractivity contribution in [3.05, 3.63) is 0 Å². The molecule has 0 aromatic heterocycles. The van der Waals surface area contributed by atoms with E-state index in [-0.39, 0.29) is 5.91 Å². The second kappa shape index (κ2) is 3.39. The highest BCUT2D eigenvalue weighted by Crippen LogP contribution is 2.09. The van der Waals surface area contributed by atoms with Crippen molar-refractivity contribution in [2.24, 2.45) is 0 Å². The Labute approximate surface area is 68.5 Å². The second-order valence-corrected chi connectivity index (χ2v) is 3.19. The molecule has 1 aliphatic rings. The van der Waals surface area contributed by atoms with Gasteiger partial charge in [0.05, 0.1) is 0 Å². The monoisotopic (exact) mass is 239 g/mol. The molecule has 3 heteroatoms. The minimum Gasteiger partial charge on any atom is -0.353 e. The normalized spacial score (nSPS) is 27.7. The first-order valence-corrected chi connectivity index (χ1v) is 4.71. The van der Waals surface area contributed by atoms with Crippen LogP contribution in [0.5, 0.6) is 0 Å². The SMILES string of the molecule is O=C1CCC[C@@H](CI)N1. The quantitative estimate of drug-likeness (QED) is 0.538. The van der Waals surface area contributed by atoms with Gasteiger partial charge in [0.15, 0.2) is 0 Å². The third kappa shape index (κ3) is 2.12. The van der Waals surface area contributed by atoms with Gasteiger partial charge in [-0.15, -0.1) is 0 Å². The highest BCUT2D eigenvalue weighted by Gasteiger charge is 2.15. The Hall–Kier alpha value is 0.200. The summed E-state index contributed by atoms with van der Waals surface area (Å²) >= 11 is 2.30. The predicted molar refractivity (Wildman–Crippen MR) is 44.7 cm³/mol. The number of alkyl halides is 1. The number of nitrogens with one attached hydrogen (secondary N) is 1. The van der Waals surface area contributed by atoms with Gasteiger partial charge < -0.3 is 5.32 Å². The molecule has 1 rings (SSSR count). The number of carbonyl (C=O) groups is 1. The molecule has 0 unspecified atom stereocenters. The summed E-state index contributed by atoms with van der Waals surface area (Å²) in [5.74, 6) is 0.225. The molecule has 0 bridgehead atoms. The van der Waals surface area contributed by atoms with Gasteiger partial charge >= 0.3 is 0 Å². The van der Waals surface area contributed by atoms with E-state index in [4.69, 9.17) is 0 Å². The van der Waals surface area contributed by atoms with E-state index in [1.165, 1.54) is 0 Å². The minimum absolute atomic E-state index is 0.225. The molecule has 0 aromatic rings. The first-order valence-electron chi connectivity index (χ1n) is 3.18. The summed E-state index contributed by atoms with van der Waals surface area (Å²) in [4.78, 5) is 10.7. The number of piperidine rings is 1. The van der Waals surface area contributed by atoms with Crippen LogP contribution in [0.4, 0.5) is 0 Å². The zero-order chi connectivity index (χ0) is 6.69. The Balaban J connectivity index is 2.32. The number of amides is 1. The van der Waals surface area contributed by atoms with Crippen molar-refractivity contribution in [3.8, 4) is 0 Å². The van der Waals surface area contributed by atoms with Crippen molar-refractivity contribution in [1.82, 2.24) is 5.32 Å². The van der Waals surface area contributed by atoms with Gasteiger partial charge in [-0.2, -0.15) is 0 Å². The van der Waals surface area contributed by atoms with E-state index in [1.807, 2.05) is 0 Å². The van der Waals surface area contributed by atoms with Gasteiger partial charge in [0, 0.05) is 16.9 Å².